The molecule has 7 aromatic carbocycles. The van der Waals surface area contributed by atoms with E-state index in [-0.39, 0.29) is 0 Å². The smallest absolute Gasteiger partial charge is 0.437 e. The first kappa shape index (κ1) is 29.8. The van der Waals surface area contributed by atoms with Crippen LogP contribution in [0.4, 0.5) is 0 Å². The summed E-state index contributed by atoms with van der Waals surface area (Å²) in [6.45, 7) is 4.19. The zero-order valence-corrected chi connectivity index (χ0v) is 29.5. The van der Waals surface area contributed by atoms with Gasteiger partial charge in [0.1, 0.15) is 0 Å². The minimum Gasteiger partial charge on any atom is -0.437 e. The lowest BCUT2D eigenvalue weighted by Gasteiger charge is -2.37. The first-order valence-electron chi connectivity index (χ1n) is 16.0. The molecule has 0 atom stereocenters. The molecule has 0 bridgehead atoms. The molecule has 0 aromatic heterocycles. The zero-order chi connectivity index (χ0) is 33.5. The number of hydrogen-bond donors (Lipinski definition) is 0. The van der Waals surface area contributed by atoms with Crippen LogP contribution < -0.4 is 27.1 Å². The minimum atomic E-state index is -3.45. The predicted octanol–water partition coefficient (Wildman–Crippen LogP) is 13.1. The van der Waals surface area contributed by atoms with E-state index in [1.165, 1.54) is 11.1 Å². The van der Waals surface area contributed by atoms with Crippen molar-refractivity contribution in [1.29, 1.82) is 0 Å². The van der Waals surface area contributed by atoms with Gasteiger partial charge in [-0.25, -0.2) is 0 Å². The van der Waals surface area contributed by atoms with Crippen molar-refractivity contribution in [2.45, 2.75) is 13.8 Å². The van der Waals surface area contributed by atoms with E-state index in [1.807, 2.05) is 109 Å². The number of benzene rings is 7. The normalized spacial score (nSPS) is 17.5. The summed E-state index contributed by atoms with van der Waals surface area (Å²) in [4.78, 5) is 4.96. The fourth-order valence-electron chi connectivity index (χ4n) is 6.19. The summed E-state index contributed by atoms with van der Waals surface area (Å²) in [5.74, 6) is 3.24. The van der Waals surface area contributed by atoms with Gasteiger partial charge in [-0.3, -0.25) is 9.05 Å². The largest absolute Gasteiger partial charge is 0.629 e. The molecule has 0 aliphatic carbocycles. The summed E-state index contributed by atoms with van der Waals surface area (Å²) < 4.78 is 48.9. The SMILES string of the molecule is Cc1ccc(C)cc1.c1ccc2cc3c(cc2c1)OP1(=N[P+]2(N=P4([N-]1)Oc1cc5ccccc5cc1O4)Oc1cc4ccccc4cc1O2)O3. The molecular weight excluding hydrogens is 687 g/mol. The van der Waals surface area contributed by atoms with Gasteiger partial charge in [0.2, 0.25) is 11.5 Å². The van der Waals surface area contributed by atoms with Gasteiger partial charge in [0.25, 0.3) is 15.3 Å². The molecule has 11 rings (SSSR count). The highest BCUT2D eigenvalue weighted by atomic mass is 31.3. The fourth-order valence-corrected chi connectivity index (χ4v) is 15.3. The second-order valence-electron chi connectivity index (χ2n) is 12.4. The molecule has 0 amide bonds. The monoisotopic (exact) mass is 715 g/mol. The zero-order valence-electron chi connectivity index (χ0n) is 26.8. The second kappa shape index (κ2) is 11.0. The van der Waals surface area contributed by atoms with Crippen LogP contribution >= 0.6 is 23.3 Å². The van der Waals surface area contributed by atoms with Crippen molar-refractivity contribution in [3.8, 4) is 34.5 Å². The molecule has 4 aliphatic heterocycles. The Kier molecular flexibility index (Phi) is 6.56. The van der Waals surface area contributed by atoms with Crippen LogP contribution in [0.15, 0.2) is 142 Å². The van der Waals surface area contributed by atoms with Crippen molar-refractivity contribution in [2.24, 2.45) is 9.03 Å². The molecule has 0 unspecified atom stereocenters. The molecule has 50 heavy (non-hydrogen) atoms. The third kappa shape index (κ3) is 5.09. The molecule has 12 heteroatoms. The van der Waals surface area contributed by atoms with Crippen LogP contribution in [-0.4, -0.2) is 0 Å². The van der Waals surface area contributed by atoms with Gasteiger partial charge in [0.15, 0.2) is 23.0 Å². The van der Waals surface area contributed by atoms with Gasteiger partial charge in [-0.1, -0.05) is 108 Å². The maximum Gasteiger partial charge on any atom is 0.629 e. The van der Waals surface area contributed by atoms with Crippen LogP contribution in [0, 0.1) is 13.8 Å². The Bertz CT molecular complexity index is 2390. The third-order valence-electron chi connectivity index (χ3n) is 8.64. The Balaban J connectivity index is 0.000000352. The van der Waals surface area contributed by atoms with E-state index in [4.69, 9.17) is 41.0 Å². The van der Waals surface area contributed by atoms with Gasteiger partial charge >= 0.3 is 8.02 Å². The van der Waals surface area contributed by atoms with Gasteiger partial charge in [0, 0.05) is 9.03 Å². The van der Waals surface area contributed by atoms with E-state index in [0.717, 1.165) is 32.3 Å². The molecule has 3 spiro atoms. The number of aryl methyl sites for hydroxylation is 2. The topological polar surface area (TPSA) is 94.2 Å². The number of hydrogen-bond acceptors (Lipinski definition) is 8. The van der Waals surface area contributed by atoms with Crippen LogP contribution in [0.5, 0.6) is 34.5 Å². The van der Waals surface area contributed by atoms with Crippen molar-refractivity contribution >= 4 is 55.7 Å². The number of fused-ring (bicyclic) bond motifs is 6. The van der Waals surface area contributed by atoms with Gasteiger partial charge in [0.05, 0.1) is 0 Å². The summed E-state index contributed by atoms with van der Waals surface area (Å²) in [5.41, 5.74) is 2.66. The second-order valence-corrected chi connectivity index (χ2v) is 18.6. The summed E-state index contributed by atoms with van der Waals surface area (Å²) in [6.07, 6.45) is 0. The van der Waals surface area contributed by atoms with E-state index in [0.29, 0.717) is 34.5 Å². The van der Waals surface area contributed by atoms with E-state index < -0.39 is 23.3 Å². The molecule has 0 radical (unpaired) electrons. The molecule has 0 N–H and O–H groups in total. The van der Waals surface area contributed by atoms with E-state index in [9.17, 15) is 0 Å². The van der Waals surface area contributed by atoms with Crippen molar-refractivity contribution in [3.63, 3.8) is 0 Å². The standard InChI is InChI=1S/C30H18N3O6P3.C8H10/c1-2-8-20-14-26-25(13-19(20)7-1)34-40(35-26)31-41(36-27-15-21-9-3-4-10-22(21)16-28(27)37-41)33-42(32-40)38-29-17-23-11-5-6-12-24(23)18-30(29)39-42;1-7-3-5-8(2)6-4-7/h1-18H;3-6H,1-2H3. The van der Waals surface area contributed by atoms with Crippen LogP contribution in [0.2, 0.25) is 0 Å². The molecule has 0 saturated carbocycles. The Labute approximate surface area is 288 Å². The highest BCUT2D eigenvalue weighted by molar-refractivity contribution is 7.89. The number of rotatable bonds is 0. The van der Waals surface area contributed by atoms with Gasteiger partial charge in [-0.05, 0) is 82.6 Å². The maximum absolute atomic E-state index is 6.50. The summed E-state index contributed by atoms with van der Waals surface area (Å²) in [7, 11) is -10.3. The minimum absolute atomic E-state index is 0.539. The van der Waals surface area contributed by atoms with Gasteiger partial charge in [-0.15, -0.1) is 0 Å². The van der Waals surface area contributed by atoms with E-state index >= 15 is 0 Å². The van der Waals surface area contributed by atoms with Crippen molar-refractivity contribution in [3.05, 3.63) is 149 Å². The Morgan fingerprint density at radius 1 is 0.420 bits per heavy atom. The fraction of sp³-hybridized carbons (Fsp3) is 0.0526. The number of nitrogens with zero attached hydrogens (tertiary/aromatic N) is 3. The molecule has 9 nitrogen and oxygen atoms in total. The highest BCUT2D eigenvalue weighted by Gasteiger charge is 2.62. The molecule has 4 aliphatic rings. The van der Waals surface area contributed by atoms with Crippen molar-refractivity contribution < 1.29 is 27.1 Å². The lowest BCUT2D eigenvalue weighted by molar-refractivity contribution is 0.519. The predicted molar refractivity (Wildman–Crippen MR) is 201 cm³/mol. The quantitative estimate of drug-likeness (QED) is 0.145. The molecule has 246 valence electrons. The third-order valence-corrected chi connectivity index (χ3v) is 16.7. The highest BCUT2D eigenvalue weighted by Crippen LogP contribution is 2.91. The first-order chi connectivity index (χ1) is 24.3. The molecular formula is C38H28N3O6P3. The van der Waals surface area contributed by atoms with Crippen LogP contribution in [0.1, 0.15) is 11.1 Å². The lowest BCUT2D eigenvalue weighted by Crippen LogP contribution is -2.07. The van der Waals surface area contributed by atoms with Crippen LogP contribution in [0.3, 0.4) is 0 Å². The summed E-state index contributed by atoms with van der Waals surface area (Å²) in [6, 6.07) is 44.1. The lowest BCUT2D eigenvalue weighted by atomic mass is 10.1. The molecule has 0 saturated heterocycles. The van der Waals surface area contributed by atoms with E-state index in [2.05, 4.69) is 38.1 Å². The Hall–Kier alpha value is -5.03. The summed E-state index contributed by atoms with van der Waals surface area (Å²) >= 11 is 0. The van der Waals surface area contributed by atoms with Gasteiger partial charge < -0.3 is 23.0 Å². The first-order valence-corrected chi connectivity index (χ1v) is 20.6. The van der Waals surface area contributed by atoms with Crippen LogP contribution in [-0.2, 0) is 0 Å². The molecule has 4 heterocycles. The van der Waals surface area contributed by atoms with E-state index in [1.54, 1.807) is 0 Å². The molecule has 0 fully saturated rings. The molecule has 7 aromatic rings. The summed E-state index contributed by atoms with van der Waals surface area (Å²) in [5, 5.41) is 6.06. The van der Waals surface area contributed by atoms with Gasteiger partial charge in [-0.2, -0.15) is 0 Å². The van der Waals surface area contributed by atoms with Crippen molar-refractivity contribution in [1.82, 2.24) is 0 Å². The van der Waals surface area contributed by atoms with Crippen LogP contribution in [0.25, 0.3) is 37.2 Å². The Morgan fingerprint density at radius 2 is 0.700 bits per heavy atom. The average Bonchev–Trinajstić information content (AvgIpc) is 3.73. The maximum atomic E-state index is 6.50. The average molecular weight is 716 g/mol. The Morgan fingerprint density at radius 3 is 1.00 bits per heavy atom. The van der Waals surface area contributed by atoms with Crippen molar-refractivity contribution in [2.75, 3.05) is 0 Å².